The van der Waals surface area contributed by atoms with Crippen LogP contribution in [0, 0.1) is 5.41 Å². The number of carbonyl (C=O) groups is 1. The number of ketones is 1. The highest BCUT2D eigenvalue weighted by molar-refractivity contribution is 6.33. The smallest absolute Gasteiger partial charge is 0.165 e. The lowest BCUT2D eigenvalue weighted by Gasteiger charge is -2.39. The summed E-state index contributed by atoms with van der Waals surface area (Å²) in [6.07, 6.45) is 8.94. The SMILES string of the molecule is O=C(CCN1CCC2(CCCC2)CC1)c1ccccc1Cl. The molecule has 0 amide bonds. The van der Waals surface area contributed by atoms with Gasteiger partial charge in [-0.1, -0.05) is 36.6 Å². The predicted molar refractivity (Wildman–Crippen MR) is 87.0 cm³/mol. The van der Waals surface area contributed by atoms with E-state index >= 15 is 0 Å². The topological polar surface area (TPSA) is 20.3 Å². The number of carbonyl (C=O) groups excluding carboxylic acids is 1. The number of rotatable bonds is 4. The van der Waals surface area contributed by atoms with Gasteiger partial charge < -0.3 is 4.90 Å². The van der Waals surface area contributed by atoms with Gasteiger partial charge in [-0.3, -0.25) is 4.79 Å². The van der Waals surface area contributed by atoms with Crippen molar-refractivity contribution < 1.29 is 4.79 Å². The van der Waals surface area contributed by atoms with E-state index in [9.17, 15) is 4.79 Å². The molecular formula is C18H24ClNO. The largest absolute Gasteiger partial charge is 0.303 e. The summed E-state index contributed by atoms with van der Waals surface area (Å²) < 4.78 is 0. The van der Waals surface area contributed by atoms with Crippen LogP contribution in [0.3, 0.4) is 0 Å². The molecule has 0 unspecified atom stereocenters. The highest BCUT2D eigenvalue weighted by Gasteiger charge is 2.36. The second kappa shape index (κ2) is 6.50. The normalized spacial score (nSPS) is 21.8. The number of benzene rings is 1. The van der Waals surface area contributed by atoms with Crippen LogP contribution in [0.15, 0.2) is 24.3 Å². The number of Topliss-reactive ketones (excluding diaryl/α,β-unsaturated/α-hetero) is 1. The van der Waals surface area contributed by atoms with Crippen LogP contribution in [-0.4, -0.2) is 30.3 Å². The van der Waals surface area contributed by atoms with E-state index < -0.39 is 0 Å². The van der Waals surface area contributed by atoms with Gasteiger partial charge in [-0.15, -0.1) is 0 Å². The van der Waals surface area contributed by atoms with E-state index in [0.717, 1.165) is 19.6 Å². The van der Waals surface area contributed by atoms with Gasteiger partial charge in [0.1, 0.15) is 0 Å². The molecule has 1 saturated carbocycles. The Labute approximate surface area is 132 Å². The Morgan fingerprint density at radius 1 is 1.10 bits per heavy atom. The van der Waals surface area contributed by atoms with Crippen LogP contribution < -0.4 is 0 Å². The molecule has 2 aliphatic rings. The molecule has 0 bridgehead atoms. The molecule has 2 nitrogen and oxygen atoms in total. The monoisotopic (exact) mass is 305 g/mol. The van der Waals surface area contributed by atoms with E-state index in [0.29, 0.717) is 22.4 Å². The van der Waals surface area contributed by atoms with Crippen molar-refractivity contribution in [2.24, 2.45) is 5.41 Å². The molecule has 114 valence electrons. The molecule has 1 aromatic carbocycles. The molecule has 0 radical (unpaired) electrons. The minimum absolute atomic E-state index is 0.168. The quantitative estimate of drug-likeness (QED) is 0.760. The van der Waals surface area contributed by atoms with Crippen LogP contribution >= 0.6 is 11.6 Å². The number of hydrogen-bond acceptors (Lipinski definition) is 2. The molecule has 1 aromatic rings. The van der Waals surface area contributed by atoms with Gasteiger partial charge in [-0.2, -0.15) is 0 Å². The fourth-order valence-corrected chi connectivity index (χ4v) is 4.20. The van der Waals surface area contributed by atoms with Gasteiger partial charge in [0.2, 0.25) is 0 Å². The van der Waals surface area contributed by atoms with Crippen LogP contribution in [0.5, 0.6) is 0 Å². The minimum Gasteiger partial charge on any atom is -0.303 e. The molecule has 2 fully saturated rings. The van der Waals surface area contributed by atoms with Gasteiger partial charge in [0.25, 0.3) is 0 Å². The number of hydrogen-bond donors (Lipinski definition) is 0. The lowest BCUT2D eigenvalue weighted by atomic mass is 9.77. The van der Waals surface area contributed by atoms with Crippen LogP contribution in [0.2, 0.25) is 5.02 Å². The molecule has 3 heteroatoms. The predicted octanol–water partition coefficient (Wildman–Crippen LogP) is 4.57. The third-order valence-corrected chi connectivity index (χ3v) is 5.74. The molecule has 1 spiro atoms. The first-order chi connectivity index (χ1) is 10.2. The molecule has 1 saturated heterocycles. The highest BCUT2D eigenvalue weighted by Crippen LogP contribution is 2.46. The Balaban J connectivity index is 1.48. The van der Waals surface area contributed by atoms with E-state index in [1.807, 2.05) is 18.2 Å². The maximum atomic E-state index is 12.2. The zero-order valence-corrected chi connectivity index (χ0v) is 13.4. The molecule has 0 N–H and O–H groups in total. The van der Waals surface area contributed by atoms with Gasteiger partial charge in [0.05, 0.1) is 5.02 Å². The van der Waals surface area contributed by atoms with Crippen molar-refractivity contribution in [3.8, 4) is 0 Å². The average molecular weight is 306 g/mol. The Kier molecular flexibility index (Phi) is 4.66. The van der Waals surface area contributed by atoms with E-state index in [1.165, 1.54) is 38.5 Å². The van der Waals surface area contributed by atoms with Crippen molar-refractivity contribution in [3.05, 3.63) is 34.9 Å². The molecule has 3 rings (SSSR count). The van der Waals surface area contributed by atoms with E-state index in [-0.39, 0.29) is 5.78 Å². The maximum Gasteiger partial charge on any atom is 0.165 e. The van der Waals surface area contributed by atoms with Crippen LogP contribution in [0.1, 0.15) is 55.3 Å². The van der Waals surface area contributed by atoms with Crippen LogP contribution in [-0.2, 0) is 0 Å². The lowest BCUT2D eigenvalue weighted by molar-refractivity contribution is 0.0888. The Morgan fingerprint density at radius 3 is 2.43 bits per heavy atom. The molecule has 1 heterocycles. The van der Waals surface area contributed by atoms with E-state index in [2.05, 4.69) is 4.90 Å². The number of nitrogens with zero attached hydrogens (tertiary/aromatic N) is 1. The summed E-state index contributed by atoms with van der Waals surface area (Å²) in [7, 11) is 0. The van der Waals surface area contributed by atoms with Gasteiger partial charge >= 0.3 is 0 Å². The van der Waals surface area contributed by atoms with Crippen molar-refractivity contribution in [2.75, 3.05) is 19.6 Å². The Morgan fingerprint density at radius 2 is 1.76 bits per heavy atom. The molecule has 21 heavy (non-hydrogen) atoms. The first-order valence-corrected chi connectivity index (χ1v) is 8.56. The first kappa shape index (κ1) is 15.1. The summed E-state index contributed by atoms with van der Waals surface area (Å²) in [6.45, 7) is 3.20. The van der Waals surface area contributed by atoms with Crippen molar-refractivity contribution >= 4 is 17.4 Å². The van der Waals surface area contributed by atoms with Crippen LogP contribution in [0.4, 0.5) is 0 Å². The summed E-state index contributed by atoms with van der Waals surface area (Å²) >= 11 is 6.09. The Hall–Kier alpha value is -0.860. The average Bonchev–Trinajstić information content (AvgIpc) is 2.95. The van der Waals surface area contributed by atoms with Gasteiger partial charge in [0, 0.05) is 18.5 Å². The van der Waals surface area contributed by atoms with Crippen LogP contribution in [0.25, 0.3) is 0 Å². The van der Waals surface area contributed by atoms with Crippen molar-refractivity contribution in [3.63, 3.8) is 0 Å². The zero-order chi connectivity index (χ0) is 14.7. The summed E-state index contributed by atoms with van der Waals surface area (Å²) in [6, 6.07) is 7.36. The summed E-state index contributed by atoms with van der Waals surface area (Å²) in [4.78, 5) is 14.7. The fourth-order valence-electron chi connectivity index (χ4n) is 3.96. The fraction of sp³-hybridized carbons (Fsp3) is 0.611. The maximum absolute atomic E-state index is 12.2. The zero-order valence-electron chi connectivity index (χ0n) is 12.6. The van der Waals surface area contributed by atoms with Crippen molar-refractivity contribution in [1.29, 1.82) is 0 Å². The van der Waals surface area contributed by atoms with Gasteiger partial charge in [0.15, 0.2) is 5.78 Å². The molecule has 0 aromatic heterocycles. The molecule has 1 aliphatic carbocycles. The van der Waals surface area contributed by atoms with Crippen molar-refractivity contribution in [1.82, 2.24) is 4.90 Å². The number of piperidine rings is 1. The van der Waals surface area contributed by atoms with E-state index in [4.69, 9.17) is 11.6 Å². The summed E-state index contributed by atoms with van der Waals surface area (Å²) in [5, 5.41) is 0.575. The minimum atomic E-state index is 0.168. The molecule has 1 aliphatic heterocycles. The standard InChI is InChI=1S/C18H24ClNO/c19-16-6-2-1-5-15(16)17(21)7-12-20-13-10-18(11-14-20)8-3-4-9-18/h1-2,5-6H,3-4,7-14H2. The molecular weight excluding hydrogens is 282 g/mol. The first-order valence-electron chi connectivity index (χ1n) is 8.19. The summed E-state index contributed by atoms with van der Waals surface area (Å²) in [5.74, 6) is 0.168. The highest BCUT2D eigenvalue weighted by atomic mass is 35.5. The second-order valence-corrected chi connectivity index (χ2v) is 7.11. The van der Waals surface area contributed by atoms with E-state index in [1.54, 1.807) is 6.07 Å². The third kappa shape index (κ3) is 3.49. The van der Waals surface area contributed by atoms with Crippen molar-refractivity contribution in [2.45, 2.75) is 44.9 Å². The Bertz CT molecular complexity index is 498. The van der Waals surface area contributed by atoms with Gasteiger partial charge in [-0.25, -0.2) is 0 Å². The number of halogens is 1. The number of likely N-dealkylation sites (tertiary alicyclic amines) is 1. The second-order valence-electron chi connectivity index (χ2n) is 6.70. The third-order valence-electron chi connectivity index (χ3n) is 5.41. The van der Waals surface area contributed by atoms with Gasteiger partial charge in [-0.05, 0) is 56.3 Å². The summed E-state index contributed by atoms with van der Waals surface area (Å²) in [5.41, 5.74) is 1.33. The molecule has 0 atom stereocenters. The lowest BCUT2D eigenvalue weighted by Crippen LogP contribution is -2.39.